The Morgan fingerprint density at radius 2 is 1.16 bits per heavy atom. The molecule has 19 heavy (non-hydrogen) atoms. The zero-order chi connectivity index (χ0) is 14.7. The lowest BCUT2D eigenvalue weighted by atomic mass is 9.91. The Labute approximate surface area is 123 Å². The fourth-order valence-electron chi connectivity index (χ4n) is 2.71. The monoisotopic (exact) mass is 265 g/mol. The maximum absolute atomic E-state index is 5.70. The molecule has 0 saturated carbocycles. The van der Waals surface area contributed by atoms with E-state index < -0.39 is 0 Å². The van der Waals surface area contributed by atoms with Crippen LogP contribution in [0.3, 0.4) is 0 Å². The van der Waals surface area contributed by atoms with Gasteiger partial charge in [0.05, 0.1) is 0 Å². The van der Waals surface area contributed by atoms with Gasteiger partial charge in [-0.15, -0.1) is 0 Å². The smallest absolute Gasteiger partial charge is 0.0320 e. The summed E-state index contributed by atoms with van der Waals surface area (Å²) in [6.07, 6.45) is 12.2. The van der Waals surface area contributed by atoms with E-state index in [1.807, 2.05) is 6.92 Å². The first-order valence-corrected chi connectivity index (χ1v) is 8.49. The summed E-state index contributed by atoms with van der Waals surface area (Å²) >= 11 is 0. The molecule has 0 aliphatic carbocycles. The maximum Gasteiger partial charge on any atom is -0.0320 e. The average molecular weight is 266 g/mol. The molecule has 0 spiro atoms. The molecule has 0 nitrogen and oxygen atoms in total. The Bertz CT molecular complexity index is 214. The number of hydrogen-bond acceptors (Lipinski definition) is 0. The van der Waals surface area contributed by atoms with Crippen LogP contribution in [-0.4, -0.2) is 0 Å². The molecule has 0 aromatic heterocycles. The predicted molar refractivity (Wildman–Crippen MR) is 88.2 cm³/mol. The quantitative estimate of drug-likeness (QED) is 0.364. The van der Waals surface area contributed by atoms with Crippen LogP contribution in [0.2, 0.25) is 0 Å². The molecule has 2 atom stereocenters. The second-order valence-electron chi connectivity index (χ2n) is 7.20. The zero-order valence-corrected chi connectivity index (χ0v) is 14.2. The maximum atomic E-state index is 5.70. The standard InChI is InChI=1S/C19H37/c1-16(2)10-7-12-18(5)14-9-15-19(6)13-8-11-17(3)4/h1,17-19H,7-15H2,2-6H3. The van der Waals surface area contributed by atoms with Crippen molar-refractivity contribution in [3.05, 3.63) is 12.2 Å². The van der Waals surface area contributed by atoms with Gasteiger partial charge in [0.15, 0.2) is 0 Å². The molecule has 0 N–H and O–H groups in total. The van der Waals surface area contributed by atoms with Crippen LogP contribution in [0.25, 0.3) is 0 Å². The van der Waals surface area contributed by atoms with Crippen molar-refractivity contribution >= 4 is 0 Å². The molecule has 0 aromatic rings. The van der Waals surface area contributed by atoms with Crippen molar-refractivity contribution in [1.29, 1.82) is 0 Å². The van der Waals surface area contributed by atoms with Gasteiger partial charge in [-0.1, -0.05) is 84.8 Å². The third-order valence-corrected chi connectivity index (χ3v) is 4.14. The van der Waals surface area contributed by atoms with Gasteiger partial charge in [-0.05, 0) is 37.5 Å². The van der Waals surface area contributed by atoms with E-state index in [-0.39, 0.29) is 0 Å². The molecule has 1 radical (unpaired) electrons. The third kappa shape index (κ3) is 14.0. The molecule has 0 fully saturated rings. The lowest BCUT2D eigenvalue weighted by Gasteiger charge is -2.15. The summed E-state index contributed by atoms with van der Waals surface area (Å²) in [5.41, 5.74) is 1.09. The summed E-state index contributed by atoms with van der Waals surface area (Å²) in [4.78, 5) is 0. The van der Waals surface area contributed by atoms with Gasteiger partial charge in [-0.25, -0.2) is 0 Å². The Kier molecular flexibility index (Phi) is 11.4. The Morgan fingerprint density at radius 1 is 0.737 bits per heavy atom. The molecule has 0 saturated heterocycles. The van der Waals surface area contributed by atoms with Crippen LogP contribution in [0, 0.1) is 24.3 Å². The summed E-state index contributed by atoms with van der Waals surface area (Å²) in [5, 5.41) is 0. The van der Waals surface area contributed by atoms with E-state index in [4.69, 9.17) is 6.58 Å². The van der Waals surface area contributed by atoms with E-state index >= 15 is 0 Å². The highest BCUT2D eigenvalue weighted by Gasteiger charge is 2.06. The van der Waals surface area contributed by atoms with Crippen LogP contribution in [0.15, 0.2) is 5.57 Å². The Balaban J connectivity index is 3.42. The van der Waals surface area contributed by atoms with Crippen LogP contribution in [0.5, 0.6) is 0 Å². The van der Waals surface area contributed by atoms with Gasteiger partial charge in [0.1, 0.15) is 0 Å². The van der Waals surface area contributed by atoms with Gasteiger partial charge in [-0.3, -0.25) is 0 Å². The minimum absolute atomic E-state index is 0.870. The van der Waals surface area contributed by atoms with Crippen LogP contribution < -0.4 is 0 Å². The van der Waals surface area contributed by atoms with Gasteiger partial charge in [0.25, 0.3) is 0 Å². The normalized spacial score (nSPS) is 14.6. The first kappa shape index (κ1) is 18.7. The number of rotatable bonds is 12. The highest BCUT2D eigenvalue weighted by Crippen LogP contribution is 2.21. The van der Waals surface area contributed by atoms with E-state index in [0.717, 1.165) is 29.7 Å². The minimum Gasteiger partial charge on any atom is -0.0733 e. The largest absolute Gasteiger partial charge is 0.0733 e. The van der Waals surface area contributed by atoms with E-state index in [2.05, 4.69) is 27.7 Å². The molecule has 0 aromatic carbocycles. The summed E-state index contributed by atoms with van der Waals surface area (Å²) in [7, 11) is 0. The van der Waals surface area contributed by atoms with Crippen molar-refractivity contribution in [2.75, 3.05) is 0 Å². The van der Waals surface area contributed by atoms with Crippen LogP contribution in [0.4, 0.5) is 0 Å². The van der Waals surface area contributed by atoms with E-state index in [1.54, 1.807) is 0 Å². The molecule has 0 rings (SSSR count). The van der Waals surface area contributed by atoms with Crippen molar-refractivity contribution < 1.29 is 0 Å². The van der Waals surface area contributed by atoms with Gasteiger partial charge < -0.3 is 0 Å². The topological polar surface area (TPSA) is 0 Å². The molecular weight excluding hydrogens is 228 g/mol. The van der Waals surface area contributed by atoms with E-state index in [1.165, 1.54) is 51.4 Å². The molecule has 113 valence electrons. The second kappa shape index (κ2) is 11.6. The molecule has 0 amide bonds. The average Bonchev–Trinajstić information content (AvgIpc) is 2.27. The Morgan fingerprint density at radius 3 is 1.58 bits per heavy atom. The highest BCUT2D eigenvalue weighted by molar-refractivity contribution is 4.83. The fourth-order valence-corrected chi connectivity index (χ4v) is 2.71. The molecule has 2 unspecified atom stereocenters. The van der Waals surface area contributed by atoms with Crippen LogP contribution >= 0.6 is 0 Å². The summed E-state index contributed by atoms with van der Waals surface area (Å²) in [6, 6.07) is 0. The molecule has 0 heteroatoms. The highest BCUT2D eigenvalue weighted by atomic mass is 14.1. The minimum atomic E-state index is 0.870. The van der Waals surface area contributed by atoms with Crippen LogP contribution in [-0.2, 0) is 0 Å². The molecule has 0 bridgehead atoms. The Hall–Kier alpha value is -0.260. The molecule has 0 heterocycles. The fraction of sp³-hybridized carbons (Fsp3) is 0.895. The lowest BCUT2D eigenvalue weighted by molar-refractivity contribution is 0.389. The van der Waals surface area contributed by atoms with Crippen molar-refractivity contribution in [3.8, 4) is 0 Å². The second-order valence-corrected chi connectivity index (χ2v) is 7.20. The molecule has 0 aliphatic heterocycles. The van der Waals surface area contributed by atoms with Gasteiger partial charge in [-0.2, -0.15) is 0 Å². The van der Waals surface area contributed by atoms with Gasteiger partial charge in [0.2, 0.25) is 0 Å². The molecular formula is C19H37. The van der Waals surface area contributed by atoms with Gasteiger partial charge >= 0.3 is 0 Å². The number of allylic oxidation sites excluding steroid dienone is 1. The van der Waals surface area contributed by atoms with Crippen molar-refractivity contribution in [2.45, 2.75) is 92.4 Å². The first-order valence-electron chi connectivity index (χ1n) is 8.49. The zero-order valence-electron chi connectivity index (χ0n) is 14.2. The third-order valence-electron chi connectivity index (χ3n) is 4.14. The first-order chi connectivity index (χ1) is 8.91. The number of hydrogen-bond donors (Lipinski definition) is 0. The summed E-state index contributed by atoms with van der Waals surface area (Å²) < 4.78 is 0. The van der Waals surface area contributed by atoms with Crippen molar-refractivity contribution in [3.63, 3.8) is 0 Å². The predicted octanol–water partition coefficient (Wildman–Crippen LogP) is 6.80. The van der Waals surface area contributed by atoms with E-state index in [0.29, 0.717) is 0 Å². The van der Waals surface area contributed by atoms with Crippen molar-refractivity contribution in [1.82, 2.24) is 0 Å². The lowest BCUT2D eigenvalue weighted by Crippen LogP contribution is -2.00. The van der Waals surface area contributed by atoms with Crippen molar-refractivity contribution in [2.24, 2.45) is 17.8 Å². The van der Waals surface area contributed by atoms with Crippen LogP contribution in [0.1, 0.15) is 92.4 Å². The SMILES string of the molecule is [CH]=C(C)CCCC(C)CCCC(C)CCCC(C)C. The summed E-state index contributed by atoms with van der Waals surface area (Å²) in [5.74, 6) is 2.67. The van der Waals surface area contributed by atoms with E-state index in [9.17, 15) is 0 Å². The van der Waals surface area contributed by atoms with Gasteiger partial charge in [0, 0.05) is 0 Å². The molecule has 0 aliphatic rings. The summed E-state index contributed by atoms with van der Waals surface area (Å²) in [6.45, 7) is 17.2.